The van der Waals surface area contributed by atoms with Crippen molar-refractivity contribution >= 4 is 0 Å². The molecule has 0 spiro atoms. The molecule has 15 heavy (non-hydrogen) atoms. The van der Waals surface area contributed by atoms with E-state index in [1.165, 1.54) is 0 Å². The zero-order chi connectivity index (χ0) is 11.3. The summed E-state index contributed by atoms with van der Waals surface area (Å²) in [6.45, 7) is 14.4. The summed E-state index contributed by atoms with van der Waals surface area (Å²) in [5.41, 5.74) is 0. The molecule has 0 bridgehead atoms. The maximum atomic E-state index is 5.37. The molecule has 0 aromatic rings. The van der Waals surface area contributed by atoms with Gasteiger partial charge in [0.1, 0.15) is 0 Å². The normalized spacial score (nSPS) is 22.4. The highest BCUT2D eigenvalue weighted by Crippen LogP contribution is 2.14. The van der Waals surface area contributed by atoms with E-state index < -0.39 is 0 Å². The highest BCUT2D eigenvalue weighted by molar-refractivity contribution is 4.87. The average Bonchev–Trinajstić information content (AvgIpc) is 2.26. The lowest BCUT2D eigenvalue weighted by molar-refractivity contribution is 0.00949. The number of hydrogen-bond donors (Lipinski definition) is 1. The van der Waals surface area contributed by atoms with E-state index in [2.05, 4.69) is 37.6 Å². The number of nitrogens with one attached hydrogen (secondary N) is 1. The second-order valence-electron chi connectivity index (χ2n) is 4.53. The van der Waals surface area contributed by atoms with Crippen LogP contribution < -0.4 is 5.32 Å². The van der Waals surface area contributed by atoms with Gasteiger partial charge in [0.2, 0.25) is 0 Å². The minimum atomic E-state index is 0.473. The molecule has 0 aromatic heterocycles. The minimum Gasteiger partial charge on any atom is -0.387 e. The molecule has 0 radical (unpaired) electrons. The molecule has 0 aromatic carbocycles. The smallest absolute Gasteiger partial charge is 0.0594 e. The van der Waals surface area contributed by atoms with Crippen molar-refractivity contribution in [3.63, 3.8) is 0 Å². The summed E-state index contributed by atoms with van der Waals surface area (Å²) in [6, 6.07) is 1.01. The summed E-state index contributed by atoms with van der Waals surface area (Å²) in [4.78, 5) is 2.49. The Bertz CT molecular complexity index is 188. The van der Waals surface area contributed by atoms with Crippen LogP contribution >= 0.6 is 0 Å². The standard InChI is InChI=1S/C12H24N2O/c1-5-13-12(10(2)3)11(4)14-6-8-15-9-7-14/h5,10-13H,1,6-9H2,2-4H3/t11-,12+/m1/s1. The third-order valence-corrected chi connectivity index (χ3v) is 3.17. The molecule has 1 heterocycles. The van der Waals surface area contributed by atoms with E-state index in [0.29, 0.717) is 18.0 Å². The zero-order valence-corrected chi connectivity index (χ0v) is 10.2. The lowest BCUT2D eigenvalue weighted by atomic mass is 9.96. The molecule has 88 valence electrons. The van der Waals surface area contributed by atoms with Crippen LogP contribution in [0.25, 0.3) is 0 Å². The summed E-state index contributed by atoms with van der Waals surface area (Å²) in [5, 5.41) is 3.36. The van der Waals surface area contributed by atoms with Gasteiger partial charge in [-0.1, -0.05) is 20.4 Å². The lowest BCUT2D eigenvalue weighted by Gasteiger charge is -2.38. The molecule has 1 aliphatic heterocycles. The Morgan fingerprint density at radius 2 is 1.87 bits per heavy atom. The number of rotatable bonds is 5. The molecule has 1 rings (SSSR count). The first-order valence-electron chi connectivity index (χ1n) is 5.85. The Balaban J connectivity index is 2.52. The molecular formula is C12H24N2O. The maximum Gasteiger partial charge on any atom is 0.0594 e. The van der Waals surface area contributed by atoms with Gasteiger partial charge in [-0.05, 0) is 19.0 Å². The van der Waals surface area contributed by atoms with Gasteiger partial charge in [-0.2, -0.15) is 0 Å². The Kier molecular flexibility index (Phi) is 5.12. The van der Waals surface area contributed by atoms with Crippen molar-refractivity contribution in [2.75, 3.05) is 26.3 Å². The Labute approximate surface area is 93.5 Å². The number of hydrogen-bond acceptors (Lipinski definition) is 3. The first-order chi connectivity index (χ1) is 7.16. The summed E-state index contributed by atoms with van der Waals surface area (Å²) < 4.78 is 5.37. The van der Waals surface area contributed by atoms with E-state index in [9.17, 15) is 0 Å². The summed E-state index contributed by atoms with van der Waals surface area (Å²) in [7, 11) is 0. The van der Waals surface area contributed by atoms with Crippen LogP contribution in [0, 0.1) is 5.92 Å². The summed E-state index contributed by atoms with van der Waals surface area (Å²) in [5.74, 6) is 0.612. The number of nitrogens with zero attached hydrogens (tertiary/aromatic N) is 1. The molecule has 0 unspecified atom stereocenters. The van der Waals surface area contributed by atoms with Gasteiger partial charge in [0.25, 0.3) is 0 Å². The Morgan fingerprint density at radius 3 is 2.33 bits per heavy atom. The largest absolute Gasteiger partial charge is 0.387 e. The topological polar surface area (TPSA) is 24.5 Å². The van der Waals surface area contributed by atoms with Gasteiger partial charge in [-0.15, -0.1) is 0 Å². The molecule has 1 saturated heterocycles. The lowest BCUT2D eigenvalue weighted by Crippen LogP contribution is -2.53. The van der Waals surface area contributed by atoms with Crippen molar-refractivity contribution in [1.82, 2.24) is 10.2 Å². The maximum absolute atomic E-state index is 5.37. The highest BCUT2D eigenvalue weighted by Gasteiger charge is 2.26. The minimum absolute atomic E-state index is 0.473. The highest BCUT2D eigenvalue weighted by atomic mass is 16.5. The fourth-order valence-electron chi connectivity index (χ4n) is 2.24. The van der Waals surface area contributed by atoms with Crippen LogP contribution in [-0.2, 0) is 4.74 Å². The molecule has 0 saturated carbocycles. The van der Waals surface area contributed by atoms with Crippen molar-refractivity contribution in [1.29, 1.82) is 0 Å². The SMILES string of the molecule is C=CN[C@@H](C(C)C)[C@@H](C)N1CCOCC1. The molecule has 1 aliphatic rings. The van der Waals surface area contributed by atoms with E-state index >= 15 is 0 Å². The Morgan fingerprint density at radius 1 is 1.27 bits per heavy atom. The van der Waals surface area contributed by atoms with Gasteiger partial charge < -0.3 is 10.1 Å². The van der Waals surface area contributed by atoms with E-state index in [1.807, 2.05) is 6.20 Å². The third-order valence-electron chi connectivity index (χ3n) is 3.17. The fourth-order valence-corrected chi connectivity index (χ4v) is 2.24. The molecular weight excluding hydrogens is 188 g/mol. The van der Waals surface area contributed by atoms with Crippen molar-refractivity contribution in [2.24, 2.45) is 5.92 Å². The molecule has 1 N–H and O–H groups in total. The molecule has 2 atom stereocenters. The second kappa shape index (κ2) is 6.13. The van der Waals surface area contributed by atoms with E-state index in [4.69, 9.17) is 4.74 Å². The van der Waals surface area contributed by atoms with E-state index in [1.54, 1.807) is 0 Å². The first kappa shape index (κ1) is 12.5. The van der Waals surface area contributed by atoms with Gasteiger partial charge in [-0.25, -0.2) is 0 Å². The van der Waals surface area contributed by atoms with Crippen LogP contribution in [0.2, 0.25) is 0 Å². The molecule has 3 nitrogen and oxygen atoms in total. The van der Waals surface area contributed by atoms with Crippen LogP contribution in [0.1, 0.15) is 20.8 Å². The van der Waals surface area contributed by atoms with Gasteiger partial charge >= 0.3 is 0 Å². The van der Waals surface area contributed by atoms with Gasteiger partial charge in [0, 0.05) is 25.2 Å². The predicted octanol–water partition coefficient (Wildman–Crippen LogP) is 1.46. The van der Waals surface area contributed by atoms with E-state index in [0.717, 1.165) is 26.3 Å². The summed E-state index contributed by atoms with van der Waals surface area (Å²) >= 11 is 0. The van der Waals surface area contributed by atoms with Crippen molar-refractivity contribution in [3.8, 4) is 0 Å². The Hall–Kier alpha value is -0.540. The molecule has 3 heteroatoms. The van der Waals surface area contributed by atoms with Crippen LogP contribution in [0.3, 0.4) is 0 Å². The zero-order valence-electron chi connectivity index (χ0n) is 10.2. The average molecular weight is 212 g/mol. The third kappa shape index (κ3) is 3.50. The second-order valence-corrected chi connectivity index (χ2v) is 4.53. The summed E-state index contributed by atoms with van der Waals surface area (Å²) in [6.07, 6.45) is 1.81. The van der Waals surface area contributed by atoms with Crippen molar-refractivity contribution < 1.29 is 4.74 Å². The number of ether oxygens (including phenoxy) is 1. The van der Waals surface area contributed by atoms with E-state index in [-0.39, 0.29) is 0 Å². The van der Waals surface area contributed by atoms with Gasteiger partial charge in [0.15, 0.2) is 0 Å². The first-order valence-corrected chi connectivity index (χ1v) is 5.85. The van der Waals surface area contributed by atoms with Gasteiger partial charge in [-0.3, -0.25) is 4.90 Å². The van der Waals surface area contributed by atoms with Gasteiger partial charge in [0.05, 0.1) is 13.2 Å². The van der Waals surface area contributed by atoms with Crippen molar-refractivity contribution in [3.05, 3.63) is 12.8 Å². The quantitative estimate of drug-likeness (QED) is 0.747. The molecule has 0 aliphatic carbocycles. The monoisotopic (exact) mass is 212 g/mol. The molecule has 1 fully saturated rings. The number of morpholine rings is 1. The van der Waals surface area contributed by atoms with Crippen LogP contribution in [0.5, 0.6) is 0 Å². The van der Waals surface area contributed by atoms with Crippen LogP contribution in [-0.4, -0.2) is 43.3 Å². The van der Waals surface area contributed by atoms with Crippen molar-refractivity contribution in [2.45, 2.75) is 32.9 Å². The fraction of sp³-hybridized carbons (Fsp3) is 0.833. The van der Waals surface area contributed by atoms with Crippen LogP contribution in [0.15, 0.2) is 12.8 Å². The molecule has 0 amide bonds. The van der Waals surface area contributed by atoms with Crippen LogP contribution in [0.4, 0.5) is 0 Å². The predicted molar refractivity (Wildman–Crippen MR) is 63.8 cm³/mol.